The third-order valence-corrected chi connectivity index (χ3v) is 5.01. The summed E-state index contributed by atoms with van der Waals surface area (Å²) in [5.74, 6) is -0.00277. The largest absolute Gasteiger partial charge is 0.339 e. The van der Waals surface area contributed by atoms with Crippen molar-refractivity contribution in [3.05, 3.63) is 28.0 Å². The van der Waals surface area contributed by atoms with Crippen molar-refractivity contribution in [1.29, 1.82) is 0 Å². The number of carbonyl (C=O) groups excluding carboxylic acids is 1. The Morgan fingerprint density at radius 2 is 1.70 bits per heavy atom. The molecule has 0 aliphatic carbocycles. The van der Waals surface area contributed by atoms with Gasteiger partial charge in [0.25, 0.3) is 5.91 Å². The molecule has 1 fully saturated rings. The van der Waals surface area contributed by atoms with Crippen LogP contribution in [0.3, 0.4) is 0 Å². The van der Waals surface area contributed by atoms with Crippen molar-refractivity contribution in [2.45, 2.75) is 39.5 Å². The minimum absolute atomic E-state index is 0.00277. The van der Waals surface area contributed by atoms with E-state index in [-0.39, 0.29) is 16.2 Å². The van der Waals surface area contributed by atoms with Gasteiger partial charge in [0.2, 0.25) is 0 Å². The minimum atomic E-state index is -0.00277. The highest BCUT2D eigenvalue weighted by Gasteiger charge is 2.33. The lowest BCUT2D eigenvalue weighted by Gasteiger charge is -2.41. The lowest BCUT2D eigenvalue weighted by Crippen LogP contribution is -2.42. The van der Waals surface area contributed by atoms with Crippen LogP contribution in [0.25, 0.3) is 0 Å². The smallest absolute Gasteiger partial charge is 0.254 e. The van der Waals surface area contributed by atoms with Crippen LogP contribution in [0.2, 0.25) is 10.3 Å². The summed E-state index contributed by atoms with van der Waals surface area (Å²) in [6.45, 7) is 6.09. The van der Waals surface area contributed by atoms with Crippen molar-refractivity contribution in [2.75, 3.05) is 13.1 Å². The first-order valence-corrected chi connectivity index (χ1v) is 7.87. The number of rotatable bonds is 3. The molecule has 5 heteroatoms. The quantitative estimate of drug-likeness (QED) is 0.773. The van der Waals surface area contributed by atoms with Gasteiger partial charge in [-0.1, -0.05) is 49.9 Å². The van der Waals surface area contributed by atoms with Crippen LogP contribution >= 0.6 is 23.2 Å². The average molecular weight is 315 g/mol. The molecule has 0 unspecified atom stereocenters. The van der Waals surface area contributed by atoms with Gasteiger partial charge in [0.15, 0.2) is 0 Å². The molecule has 3 nitrogen and oxygen atoms in total. The normalized spacial score (nSPS) is 18.1. The second kappa shape index (κ2) is 6.31. The molecule has 0 bridgehead atoms. The average Bonchev–Trinajstić information content (AvgIpc) is 2.45. The van der Waals surface area contributed by atoms with Gasteiger partial charge in [-0.05, 0) is 30.4 Å². The van der Waals surface area contributed by atoms with Crippen LogP contribution in [0.5, 0.6) is 0 Å². The van der Waals surface area contributed by atoms with E-state index in [1.807, 2.05) is 4.90 Å². The Kier molecular flexibility index (Phi) is 4.92. The van der Waals surface area contributed by atoms with Crippen molar-refractivity contribution in [3.63, 3.8) is 0 Å². The van der Waals surface area contributed by atoms with E-state index in [1.165, 1.54) is 12.8 Å². The number of amides is 1. The van der Waals surface area contributed by atoms with Crippen LogP contribution in [0.1, 0.15) is 49.9 Å². The molecule has 0 spiro atoms. The molecule has 1 aliphatic heterocycles. The fourth-order valence-electron chi connectivity index (χ4n) is 2.91. The molecule has 110 valence electrons. The van der Waals surface area contributed by atoms with E-state index in [4.69, 9.17) is 23.2 Å². The summed E-state index contributed by atoms with van der Waals surface area (Å²) >= 11 is 11.7. The molecule has 2 rings (SSSR count). The first kappa shape index (κ1) is 15.6. The first-order valence-electron chi connectivity index (χ1n) is 7.12. The molecule has 0 radical (unpaired) electrons. The highest BCUT2D eigenvalue weighted by Crippen LogP contribution is 2.38. The third-order valence-electron chi connectivity index (χ3n) is 4.62. The van der Waals surface area contributed by atoms with Gasteiger partial charge in [0.05, 0.1) is 0 Å². The van der Waals surface area contributed by atoms with Crippen molar-refractivity contribution in [2.24, 2.45) is 5.41 Å². The SMILES string of the molecule is CCC1(CC)CCN(C(=O)c2cc(Cl)nc(Cl)c2)CC1. The minimum Gasteiger partial charge on any atom is -0.339 e. The number of likely N-dealkylation sites (tertiary alicyclic amines) is 1. The van der Waals surface area contributed by atoms with E-state index >= 15 is 0 Å². The summed E-state index contributed by atoms with van der Waals surface area (Å²) in [7, 11) is 0. The predicted octanol–water partition coefficient (Wildman–Crippen LogP) is 4.43. The Morgan fingerprint density at radius 3 is 2.15 bits per heavy atom. The number of hydrogen-bond acceptors (Lipinski definition) is 2. The number of halogens is 2. The Morgan fingerprint density at radius 1 is 1.20 bits per heavy atom. The number of nitrogens with zero attached hydrogens (tertiary/aromatic N) is 2. The first-order chi connectivity index (χ1) is 9.49. The number of piperidine rings is 1. The van der Waals surface area contributed by atoms with E-state index in [0.29, 0.717) is 11.0 Å². The second-order valence-corrected chi connectivity index (χ2v) is 6.28. The number of carbonyl (C=O) groups is 1. The Hall–Kier alpha value is -0.800. The van der Waals surface area contributed by atoms with Crippen LogP contribution in [0.15, 0.2) is 12.1 Å². The standard InChI is InChI=1S/C15H20Cl2N2O/c1-3-15(4-2)5-7-19(8-6-15)14(20)11-9-12(16)18-13(17)10-11/h9-10H,3-8H2,1-2H3. The number of aromatic nitrogens is 1. The molecular weight excluding hydrogens is 295 g/mol. The maximum absolute atomic E-state index is 12.5. The van der Waals surface area contributed by atoms with Crippen LogP contribution in [-0.2, 0) is 0 Å². The topological polar surface area (TPSA) is 33.2 Å². The highest BCUT2D eigenvalue weighted by atomic mass is 35.5. The lowest BCUT2D eigenvalue weighted by atomic mass is 9.74. The molecule has 1 saturated heterocycles. The van der Waals surface area contributed by atoms with E-state index in [1.54, 1.807) is 12.1 Å². The predicted molar refractivity (Wildman–Crippen MR) is 82.4 cm³/mol. The van der Waals surface area contributed by atoms with Crippen LogP contribution in [0.4, 0.5) is 0 Å². The summed E-state index contributed by atoms with van der Waals surface area (Å²) in [5.41, 5.74) is 0.931. The van der Waals surface area contributed by atoms with E-state index in [0.717, 1.165) is 25.9 Å². The fraction of sp³-hybridized carbons (Fsp3) is 0.600. The third kappa shape index (κ3) is 3.26. The van der Waals surface area contributed by atoms with Gasteiger partial charge >= 0.3 is 0 Å². The molecule has 0 atom stereocenters. The molecule has 1 amide bonds. The maximum Gasteiger partial charge on any atom is 0.254 e. The zero-order valence-corrected chi connectivity index (χ0v) is 13.5. The Balaban J connectivity index is 2.08. The number of pyridine rings is 1. The molecule has 1 aliphatic rings. The summed E-state index contributed by atoms with van der Waals surface area (Å²) in [5, 5.41) is 0.517. The summed E-state index contributed by atoms with van der Waals surface area (Å²) < 4.78 is 0. The summed E-state index contributed by atoms with van der Waals surface area (Å²) in [6.07, 6.45) is 4.49. The Bertz CT molecular complexity index is 470. The molecule has 2 heterocycles. The maximum atomic E-state index is 12.5. The van der Waals surface area contributed by atoms with Gasteiger partial charge in [-0.3, -0.25) is 4.79 Å². The van der Waals surface area contributed by atoms with Crippen molar-refractivity contribution in [3.8, 4) is 0 Å². The van der Waals surface area contributed by atoms with Crippen molar-refractivity contribution < 1.29 is 4.79 Å². The van der Waals surface area contributed by atoms with E-state index in [9.17, 15) is 4.79 Å². The van der Waals surface area contributed by atoms with Crippen LogP contribution in [0, 0.1) is 5.41 Å². The van der Waals surface area contributed by atoms with Crippen LogP contribution < -0.4 is 0 Å². The van der Waals surface area contributed by atoms with Crippen molar-refractivity contribution in [1.82, 2.24) is 9.88 Å². The monoisotopic (exact) mass is 314 g/mol. The zero-order chi connectivity index (χ0) is 14.8. The van der Waals surface area contributed by atoms with Gasteiger partial charge in [-0.25, -0.2) is 4.98 Å². The van der Waals surface area contributed by atoms with Gasteiger partial charge < -0.3 is 4.90 Å². The highest BCUT2D eigenvalue weighted by molar-refractivity contribution is 6.33. The van der Waals surface area contributed by atoms with Crippen molar-refractivity contribution >= 4 is 29.1 Å². The van der Waals surface area contributed by atoms with Crippen LogP contribution in [-0.4, -0.2) is 28.9 Å². The molecule has 0 saturated carbocycles. The fourth-order valence-corrected chi connectivity index (χ4v) is 3.37. The molecule has 1 aromatic heterocycles. The van der Waals surface area contributed by atoms with E-state index < -0.39 is 0 Å². The zero-order valence-electron chi connectivity index (χ0n) is 12.0. The van der Waals surface area contributed by atoms with Gasteiger partial charge in [0.1, 0.15) is 10.3 Å². The van der Waals surface area contributed by atoms with Gasteiger partial charge in [-0.15, -0.1) is 0 Å². The Labute approximate surface area is 130 Å². The lowest BCUT2D eigenvalue weighted by molar-refractivity contribution is 0.0557. The molecule has 1 aromatic rings. The summed E-state index contributed by atoms with van der Waals surface area (Å²) in [6, 6.07) is 3.16. The van der Waals surface area contributed by atoms with E-state index in [2.05, 4.69) is 18.8 Å². The van der Waals surface area contributed by atoms with Gasteiger partial charge in [-0.2, -0.15) is 0 Å². The number of hydrogen-bond donors (Lipinski definition) is 0. The molecular formula is C15H20Cl2N2O. The molecule has 0 aromatic carbocycles. The molecule has 0 N–H and O–H groups in total. The van der Waals surface area contributed by atoms with Gasteiger partial charge in [0, 0.05) is 18.7 Å². The second-order valence-electron chi connectivity index (χ2n) is 5.50. The summed E-state index contributed by atoms with van der Waals surface area (Å²) in [4.78, 5) is 18.2. The molecule has 20 heavy (non-hydrogen) atoms.